The summed E-state index contributed by atoms with van der Waals surface area (Å²) in [4.78, 5) is 4.64. The van der Waals surface area contributed by atoms with Crippen LogP contribution in [0.25, 0.3) is 0 Å². The number of aromatic nitrogens is 1. The Balaban J connectivity index is 1.76. The van der Waals surface area contributed by atoms with Gasteiger partial charge in [-0.3, -0.25) is 0 Å². The first kappa shape index (κ1) is 16.2. The second-order valence-corrected chi connectivity index (χ2v) is 5.87. The first-order valence-electron chi connectivity index (χ1n) is 8.17. The van der Waals surface area contributed by atoms with Gasteiger partial charge in [-0.2, -0.15) is 5.26 Å². The first-order valence-corrected chi connectivity index (χ1v) is 8.17. The standard InChI is InChI=1S/C18H23N5O/c1-24-12-11-23-16(14-19)13-17(20)18(23)22-9-7-21(8-10-22)15-5-3-2-4-6-15/h2-6,13H,7-12,20H2,1H3. The summed E-state index contributed by atoms with van der Waals surface area (Å²) in [5, 5.41) is 9.35. The molecule has 1 saturated heterocycles. The third-order valence-corrected chi connectivity index (χ3v) is 4.43. The van der Waals surface area contributed by atoms with Gasteiger partial charge in [0.05, 0.1) is 12.3 Å². The average Bonchev–Trinajstić information content (AvgIpc) is 2.96. The van der Waals surface area contributed by atoms with Crippen LogP contribution < -0.4 is 15.5 Å². The summed E-state index contributed by atoms with van der Waals surface area (Å²) < 4.78 is 7.14. The van der Waals surface area contributed by atoms with Gasteiger partial charge in [0.15, 0.2) is 0 Å². The summed E-state index contributed by atoms with van der Waals surface area (Å²) in [6, 6.07) is 14.4. The fourth-order valence-electron chi connectivity index (χ4n) is 3.23. The summed E-state index contributed by atoms with van der Waals surface area (Å²) in [7, 11) is 1.66. The number of piperazine rings is 1. The molecule has 1 aliphatic rings. The number of nitriles is 1. The number of nitrogens with two attached hydrogens (primary N) is 1. The molecule has 0 aliphatic carbocycles. The Morgan fingerprint density at radius 2 is 1.79 bits per heavy atom. The minimum atomic E-state index is 0.555. The lowest BCUT2D eigenvalue weighted by Gasteiger charge is -2.38. The number of para-hydroxylation sites is 1. The van der Waals surface area contributed by atoms with E-state index in [-0.39, 0.29) is 0 Å². The van der Waals surface area contributed by atoms with Crippen molar-refractivity contribution in [2.75, 3.05) is 55.4 Å². The van der Waals surface area contributed by atoms with E-state index in [4.69, 9.17) is 10.5 Å². The largest absolute Gasteiger partial charge is 0.396 e. The minimum absolute atomic E-state index is 0.555. The molecule has 2 heterocycles. The molecular weight excluding hydrogens is 302 g/mol. The maximum Gasteiger partial charge on any atom is 0.133 e. The highest BCUT2D eigenvalue weighted by Gasteiger charge is 2.23. The number of anilines is 3. The molecule has 0 amide bonds. The van der Waals surface area contributed by atoms with Crippen LogP contribution in [-0.4, -0.2) is 44.5 Å². The summed E-state index contributed by atoms with van der Waals surface area (Å²) in [5.74, 6) is 0.941. The minimum Gasteiger partial charge on any atom is -0.396 e. The van der Waals surface area contributed by atoms with Crippen molar-refractivity contribution in [1.82, 2.24) is 4.57 Å². The van der Waals surface area contributed by atoms with E-state index in [1.165, 1.54) is 5.69 Å². The number of ether oxygens (including phenoxy) is 1. The van der Waals surface area contributed by atoms with E-state index in [1.807, 2.05) is 10.6 Å². The van der Waals surface area contributed by atoms with Crippen molar-refractivity contribution < 1.29 is 4.74 Å². The second kappa shape index (κ2) is 7.28. The van der Waals surface area contributed by atoms with Crippen LogP contribution in [0.3, 0.4) is 0 Å². The van der Waals surface area contributed by atoms with Crippen molar-refractivity contribution in [2.24, 2.45) is 0 Å². The van der Waals surface area contributed by atoms with Crippen LogP contribution in [-0.2, 0) is 11.3 Å². The Kier molecular flexibility index (Phi) is 4.92. The van der Waals surface area contributed by atoms with E-state index in [1.54, 1.807) is 13.2 Å². The van der Waals surface area contributed by atoms with Gasteiger partial charge in [0.2, 0.25) is 0 Å². The Bertz CT molecular complexity index is 711. The number of hydrogen-bond acceptors (Lipinski definition) is 5. The van der Waals surface area contributed by atoms with Crippen LogP contribution in [0.1, 0.15) is 5.69 Å². The Labute approximate surface area is 142 Å². The van der Waals surface area contributed by atoms with Gasteiger partial charge in [-0.25, -0.2) is 0 Å². The monoisotopic (exact) mass is 325 g/mol. The topological polar surface area (TPSA) is 70.4 Å². The molecular formula is C18H23N5O. The molecule has 1 fully saturated rings. The van der Waals surface area contributed by atoms with Gasteiger partial charge in [-0.15, -0.1) is 0 Å². The zero-order chi connectivity index (χ0) is 16.9. The quantitative estimate of drug-likeness (QED) is 0.909. The molecule has 0 unspecified atom stereocenters. The van der Waals surface area contributed by atoms with E-state index < -0.39 is 0 Å². The molecule has 0 radical (unpaired) electrons. The molecule has 1 aliphatic heterocycles. The van der Waals surface area contributed by atoms with Crippen molar-refractivity contribution in [3.8, 4) is 6.07 Å². The highest BCUT2D eigenvalue weighted by molar-refractivity contribution is 5.68. The molecule has 3 rings (SSSR count). The molecule has 0 spiro atoms. The molecule has 2 aromatic rings. The number of benzene rings is 1. The van der Waals surface area contributed by atoms with E-state index in [0.717, 1.165) is 32.0 Å². The zero-order valence-corrected chi connectivity index (χ0v) is 14.0. The smallest absolute Gasteiger partial charge is 0.133 e. The molecule has 24 heavy (non-hydrogen) atoms. The zero-order valence-electron chi connectivity index (χ0n) is 14.0. The van der Waals surface area contributed by atoms with E-state index >= 15 is 0 Å². The predicted molar refractivity (Wildman–Crippen MR) is 96.3 cm³/mol. The predicted octanol–water partition coefficient (Wildman–Crippen LogP) is 1.91. The van der Waals surface area contributed by atoms with Crippen molar-refractivity contribution in [3.05, 3.63) is 42.1 Å². The number of nitrogens with zero attached hydrogens (tertiary/aromatic N) is 4. The molecule has 6 nitrogen and oxygen atoms in total. The molecule has 0 atom stereocenters. The average molecular weight is 325 g/mol. The summed E-state index contributed by atoms with van der Waals surface area (Å²) in [6.07, 6.45) is 0. The Morgan fingerprint density at radius 3 is 2.42 bits per heavy atom. The second-order valence-electron chi connectivity index (χ2n) is 5.87. The van der Waals surface area contributed by atoms with Crippen LogP contribution in [0.4, 0.5) is 17.2 Å². The van der Waals surface area contributed by atoms with Crippen molar-refractivity contribution >= 4 is 17.2 Å². The normalized spacial score (nSPS) is 14.7. The van der Waals surface area contributed by atoms with Gasteiger partial charge in [-0.05, 0) is 18.2 Å². The number of nitrogen functional groups attached to an aromatic ring is 1. The summed E-state index contributed by atoms with van der Waals surface area (Å²) >= 11 is 0. The van der Waals surface area contributed by atoms with Crippen molar-refractivity contribution in [1.29, 1.82) is 5.26 Å². The van der Waals surface area contributed by atoms with E-state index in [9.17, 15) is 5.26 Å². The first-order chi connectivity index (χ1) is 11.7. The van der Waals surface area contributed by atoms with Crippen LogP contribution in [0.2, 0.25) is 0 Å². The van der Waals surface area contributed by atoms with Crippen LogP contribution in [0, 0.1) is 11.3 Å². The molecule has 1 aromatic heterocycles. The van der Waals surface area contributed by atoms with Gasteiger partial charge in [-0.1, -0.05) is 18.2 Å². The number of rotatable bonds is 5. The fourth-order valence-corrected chi connectivity index (χ4v) is 3.23. The Hall–Kier alpha value is -2.65. The van der Waals surface area contributed by atoms with Gasteiger partial charge < -0.3 is 24.8 Å². The van der Waals surface area contributed by atoms with E-state index in [2.05, 4.69) is 40.1 Å². The third-order valence-electron chi connectivity index (χ3n) is 4.43. The van der Waals surface area contributed by atoms with Gasteiger partial charge in [0, 0.05) is 45.5 Å². The van der Waals surface area contributed by atoms with Crippen LogP contribution >= 0.6 is 0 Å². The molecule has 126 valence electrons. The Morgan fingerprint density at radius 1 is 1.12 bits per heavy atom. The maximum absolute atomic E-state index is 9.35. The van der Waals surface area contributed by atoms with Gasteiger partial charge in [0.1, 0.15) is 17.6 Å². The lowest BCUT2D eigenvalue weighted by Crippen LogP contribution is -2.47. The van der Waals surface area contributed by atoms with Gasteiger partial charge in [0.25, 0.3) is 0 Å². The lowest BCUT2D eigenvalue weighted by molar-refractivity contribution is 0.187. The number of hydrogen-bond donors (Lipinski definition) is 1. The molecule has 0 saturated carbocycles. The summed E-state index contributed by atoms with van der Waals surface area (Å²) in [6.45, 7) is 4.80. The molecule has 2 N–H and O–H groups in total. The lowest BCUT2D eigenvalue weighted by atomic mass is 10.2. The van der Waals surface area contributed by atoms with Crippen LogP contribution in [0.5, 0.6) is 0 Å². The molecule has 0 bridgehead atoms. The summed E-state index contributed by atoms with van der Waals surface area (Å²) in [5.41, 5.74) is 8.70. The molecule has 6 heteroatoms. The highest BCUT2D eigenvalue weighted by atomic mass is 16.5. The fraction of sp³-hybridized carbons (Fsp3) is 0.389. The SMILES string of the molecule is COCCn1c(C#N)cc(N)c1N1CCN(c2ccccc2)CC1. The van der Waals surface area contributed by atoms with Crippen LogP contribution in [0.15, 0.2) is 36.4 Å². The third kappa shape index (κ3) is 3.17. The van der Waals surface area contributed by atoms with E-state index in [0.29, 0.717) is 24.5 Å². The molecule has 1 aromatic carbocycles. The number of methoxy groups -OCH3 is 1. The van der Waals surface area contributed by atoms with Crippen molar-refractivity contribution in [2.45, 2.75) is 6.54 Å². The highest BCUT2D eigenvalue weighted by Crippen LogP contribution is 2.29. The maximum atomic E-state index is 9.35. The van der Waals surface area contributed by atoms with Crippen molar-refractivity contribution in [3.63, 3.8) is 0 Å². The van der Waals surface area contributed by atoms with Gasteiger partial charge >= 0.3 is 0 Å².